The molecule has 0 aromatic heterocycles. The number of aliphatic hydroxyl groups is 2. The molecule has 0 spiro atoms. The van der Waals surface area contributed by atoms with Gasteiger partial charge >= 0.3 is 0 Å². The maximum absolute atomic E-state index is 10.6. The van der Waals surface area contributed by atoms with Gasteiger partial charge in [-0.05, 0) is 17.7 Å². The standard InChI is InChI=1S/C10H13N3O3/c11-8(14)5-6-1-3-7(4-2-6)13-9(12)10(15)16/h1-4,10,15-16H,5H2,(H2,11,14)(H2,12,13). The van der Waals surface area contributed by atoms with E-state index >= 15 is 0 Å². The summed E-state index contributed by atoms with van der Waals surface area (Å²) in [5, 5.41) is 17.4. The van der Waals surface area contributed by atoms with E-state index in [1.165, 1.54) is 0 Å². The fourth-order valence-electron chi connectivity index (χ4n) is 1.10. The molecule has 0 aliphatic heterocycles. The molecule has 86 valence electrons. The van der Waals surface area contributed by atoms with Crippen molar-refractivity contribution in [3.05, 3.63) is 29.8 Å². The lowest BCUT2D eigenvalue weighted by molar-refractivity contribution is -0.117. The molecule has 1 aromatic rings. The lowest BCUT2D eigenvalue weighted by atomic mass is 10.1. The Bertz CT molecular complexity index is 398. The fraction of sp³-hybridized carbons (Fsp3) is 0.200. The summed E-state index contributed by atoms with van der Waals surface area (Å²) in [5.41, 5.74) is 11.5. The number of amidine groups is 1. The van der Waals surface area contributed by atoms with E-state index in [-0.39, 0.29) is 12.3 Å². The zero-order valence-electron chi connectivity index (χ0n) is 8.50. The van der Waals surface area contributed by atoms with Crippen LogP contribution in [0.4, 0.5) is 5.69 Å². The second-order valence-corrected chi connectivity index (χ2v) is 3.22. The zero-order valence-corrected chi connectivity index (χ0v) is 8.50. The van der Waals surface area contributed by atoms with Gasteiger partial charge in [-0.15, -0.1) is 0 Å². The molecule has 0 saturated heterocycles. The number of aliphatic hydroxyl groups excluding tert-OH is 1. The Morgan fingerprint density at radius 2 is 1.81 bits per heavy atom. The van der Waals surface area contributed by atoms with E-state index in [2.05, 4.69) is 4.99 Å². The average molecular weight is 223 g/mol. The van der Waals surface area contributed by atoms with Crippen molar-refractivity contribution in [2.24, 2.45) is 16.5 Å². The van der Waals surface area contributed by atoms with Crippen LogP contribution in [0.25, 0.3) is 0 Å². The van der Waals surface area contributed by atoms with Crippen molar-refractivity contribution in [1.82, 2.24) is 0 Å². The number of aliphatic imine (C=N–C) groups is 1. The maximum Gasteiger partial charge on any atom is 0.221 e. The molecule has 0 aliphatic rings. The predicted molar refractivity (Wildman–Crippen MR) is 58.8 cm³/mol. The Balaban J connectivity index is 2.79. The second kappa shape index (κ2) is 5.24. The van der Waals surface area contributed by atoms with Crippen LogP contribution in [0.15, 0.2) is 29.3 Å². The quantitative estimate of drug-likeness (QED) is 0.297. The van der Waals surface area contributed by atoms with Crippen molar-refractivity contribution < 1.29 is 15.0 Å². The van der Waals surface area contributed by atoms with Crippen LogP contribution in [-0.4, -0.2) is 28.2 Å². The van der Waals surface area contributed by atoms with Crippen molar-refractivity contribution in [3.63, 3.8) is 0 Å². The average Bonchev–Trinajstić information content (AvgIpc) is 2.20. The predicted octanol–water partition coefficient (Wildman–Crippen LogP) is -0.986. The van der Waals surface area contributed by atoms with Gasteiger partial charge in [-0.25, -0.2) is 4.99 Å². The van der Waals surface area contributed by atoms with Gasteiger partial charge in [-0.3, -0.25) is 4.79 Å². The first-order chi connectivity index (χ1) is 7.49. The van der Waals surface area contributed by atoms with Crippen LogP contribution < -0.4 is 11.5 Å². The van der Waals surface area contributed by atoms with Crippen molar-refractivity contribution >= 4 is 17.4 Å². The second-order valence-electron chi connectivity index (χ2n) is 3.22. The first-order valence-electron chi connectivity index (χ1n) is 4.56. The van der Waals surface area contributed by atoms with E-state index < -0.39 is 12.2 Å². The van der Waals surface area contributed by atoms with E-state index in [1.807, 2.05) is 0 Å². The molecular formula is C10H13N3O3. The summed E-state index contributed by atoms with van der Waals surface area (Å²) >= 11 is 0. The number of primary amides is 1. The third kappa shape index (κ3) is 3.68. The molecule has 0 fully saturated rings. The van der Waals surface area contributed by atoms with Crippen LogP contribution in [0.2, 0.25) is 0 Å². The number of hydrogen-bond donors (Lipinski definition) is 4. The van der Waals surface area contributed by atoms with E-state index in [0.29, 0.717) is 5.69 Å². The Labute approximate surface area is 92.2 Å². The summed E-state index contributed by atoms with van der Waals surface area (Å²) in [4.78, 5) is 14.4. The molecular weight excluding hydrogens is 210 g/mol. The third-order valence-electron chi connectivity index (χ3n) is 1.84. The highest BCUT2D eigenvalue weighted by Gasteiger charge is 2.03. The lowest BCUT2D eigenvalue weighted by Gasteiger charge is -2.03. The van der Waals surface area contributed by atoms with Crippen LogP contribution >= 0.6 is 0 Å². The molecule has 0 bridgehead atoms. The molecule has 1 amide bonds. The molecule has 0 saturated carbocycles. The summed E-state index contributed by atoms with van der Waals surface area (Å²) in [5.74, 6) is -0.704. The normalized spacial score (nSPS) is 11.8. The molecule has 0 aliphatic carbocycles. The van der Waals surface area contributed by atoms with Gasteiger partial charge in [0.15, 0.2) is 5.84 Å². The zero-order chi connectivity index (χ0) is 12.1. The maximum atomic E-state index is 10.6. The summed E-state index contributed by atoms with van der Waals surface area (Å²) in [6.45, 7) is 0. The molecule has 0 atom stereocenters. The Hall–Kier alpha value is -1.92. The summed E-state index contributed by atoms with van der Waals surface area (Å²) in [7, 11) is 0. The van der Waals surface area contributed by atoms with Crippen molar-refractivity contribution in [1.29, 1.82) is 0 Å². The van der Waals surface area contributed by atoms with Gasteiger partial charge in [0, 0.05) is 0 Å². The van der Waals surface area contributed by atoms with Gasteiger partial charge in [0.05, 0.1) is 12.1 Å². The molecule has 1 aromatic carbocycles. The Morgan fingerprint density at radius 3 is 2.25 bits per heavy atom. The molecule has 1 rings (SSSR count). The number of carbonyl (C=O) groups excluding carboxylic acids is 1. The lowest BCUT2D eigenvalue weighted by Crippen LogP contribution is -2.27. The van der Waals surface area contributed by atoms with Gasteiger partial charge in [0.2, 0.25) is 12.2 Å². The van der Waals surface area contributed by atoms with E-state index in [9.17, 15) is 4.79 Å². The first-order valence-corrected chi connectivity index (χ1v) is 4.56. The van der Waals surface area contributed by atoms with Crippen LogP contribution in [0.3, 0.4) is 0 Å². The van der Waals surface area contributed by atoms with Gasteiger partial charge in [-0.1, -0.05) is 12.1 Å². The topological polar surface area (TPSA) is 122 Å². The van der Waals surface area contributed by atoms with Gasteiger partial charge in [-0.2, -0.15) is 0 Å². The van der Waals surface area contributed by atoms with E-state index in [4.69, 9.17) is 21.7 Å². The van der Waals surface area contributed by atoms with Crippen LogP contribution in [-0.2, 0) is 11.2 Å². The molecule has 0 unspecified atom stereocenters. The first kappa shape index (κ1) is 12.2. The monoisotopic (exact) mass is 223 g/mol. The highest BCUT2D eigenvalue weighted by Crippen LogP contribution is 2.13. The number of amides is 1. The fourth-order valence-corrected chi connectivity index (χ4v) is 1.10. The van der Waals surface area contributed by atoms with E-state index in [0.717, 1.165) is 5.56 Å². The Kier molecular flexibility index (Phi) is 3.98. The summed E-state index contributed by atoms with van der Waals surface area (Å²) < 4.78 is 0. The number of nitrogens with zero attached hydrogens (tertiary/aromatic N) is 1. The van der Waals surface area contributed by atoms with Gasteiger partial charge in [0.1, 0.15) is 0 Å². The van der Waals surface area contributed by atoms with Crippen molar-refractivity contribution in [2.75, 3.05) is 0 Å². The van der Waals surface area contributed by atoms with Gasteiger partial charge in [0.25, 0.3) is 0 Å². The number of nitrogens with two attached hydrogens (primary N) is 2. The number of carbonyl (C=O) groups is 1. The number of rotatable bonds is 4. The molecule has 6 N–H and O–H groups in total. The third-order valence-corrected chi connectivity index (χ3v) is 1.84. The Morgan fingerprint density at radius 1 is 1.25 bits per heavy atom. The highest BCUT2D eigenvalue weighted by molar-refractivity contribution is 5.85. The van der Waals surface area contributed by atoms with Crippen LogP contribution in [0, 0.1) is 0 Å². The minimum atomic E-state index is -1.77. The SMILES string of the molecule is NC(=O)Cc1ccc(N=C(N)C(O)O)cc1. The minimum Gasteiger partial charge on any atom is -0.383 e. The molecule has 6 nitrogen and oxygen atoms in total. The smallest absolute Gasteiger partial charge is 0.221 e. The molecule has 6 heteroatoms. The van der Waals surface area contributed by atoms with Crippen molar-refractivity contribution in [3.8, 4) is 0 Å². The van der Waals surface area contributed by atoms with E-state index in [1.54, 1.807) is 24.3 Å². The minimum absolute atomic E-state index is 0.155. The van der Waals surface area contributed by atoms with Crippen LogP contribution in [0.1, 0.15) is 5.56 Å². The summed E-state index contributed by atoms with van der Waals surface area (Å²) in [6, 6.07) is 6.54. The highest BCUT2D eigenvalue weighted by atomic mass is 16.5. The van der Waals surface area contributed by atoms with Crippen molar-refractivity contribution in [2.45, 2.75) is 12.7 Å². The molecule has 0 radical (unpaired) electrons. The number of hydrogen-bond acceptors (Lipinski definition) is 4. The summed E-state index contributed by atoms with van der Waals surface area (Å²) in [6.07, 6.45) is -1.62. The van der Waals surface area contributed by atoms with Crippen LogP contribution in [0.5, 0.6) is 0 Å². The molecule has 0 heterocycles. The largest absolute Gasteiger partial charge is 0.383 e. The molecule has 16 heavy (non-hydrogen) atoms. The van der Waals surface area contributed by atoms with Gasteiger partial charge < -0.3 is 21.7 Å². The number of benzene rings is 1.